The number of nitrogens with zero attached hydrogens (tertiary/aromatic N) is 1. The van der Waals surface area contributed by atoms with Gasteiger partial charge in [0, 0.05) is 23.1 Å². The highest BCUT2D eigenvalue weighted by Gasteiger charge is 2.54. The van der Waals surface area contributed by atoms with Gasteiger partial charge in [-0.15, -0.1) is 0 Å². The van der Waals surface area contributed by atoms with E-state index in [1.807, 2.05) is 0 Å². The van der Waals surface area contributed by atoms with Crippen molar-refractivity contribution in [2.75, 3.05) is 6.61 Å². The minimum atomic E-state index is -0.971. The van der Waals surface area contributed by atoms with Gasteiger partial charge in [0.1, 0.15) is 6.04 Å². The topological polar surface area (TPSA) is 116 Å². The first kappa shape index (κ1) is 20.5. The largest absolute Gasteiger partial charge is 0.456 e. The summed E-state index contributed by atoms with van der Waals surface area (Å²) in [5.74, 6) is 0.590. The highest BCUT2D eigenvalue weighted by atomic mass is 16.6. The summed E-state index contributed by atoms with van der Waals surface area (Å²) in [5.41, 5.74) is -0.461. The van der Waals surface area contributed by atoms with E-state index >= 15 is 0 Å². The number of nitro groups is 1. The second kappa shape index (κ2) is 7.81. The molecule has 1 amide bonds. The number of carbonyl (C=O) groups is 3. The number of ketones is 1. The van der Waals surface area contributed by atoms with Crippen LogP contribution in [-0.4, -0.2) is 35.2 Å². The van der Waals surface area contributed by atoms with E-state index in [4.69, 9.17) is 4.74 Å². The predicted octanol–water partition coefficient (Wildman–Crippen LogP) is 3.04. The molecule has 1 N–H and O–H groups in total. The van der Waals surface area contributed by atoms with Gasteiger partial charge >= 0.3 is 5.97 Å². The molecule has 4 aliphatic rings. The Morgan fingerprint density at radius 3 is 2.33 bits per heavy atom. The first-order chi connectivity index (χ1) is 14.3. The molecule has 30 heavy (non-hydrogen) atoms. The SMILES string of the molecule is C[C@H](NC(=O)c1cccc([N+](=O)[O-])c1)C(=O)OCC(=O)C12CC3CC(CC(C3)C1)C2. The second-order valence-corrected chi connectivity index (χ2v) is 9.23. The molecule has 4 bridgehead atoms. The summed E-state index contributed by atoms with van der Waals surface area (Å²) in [4.78, 5) is 47.8. The van der Waals surface area contributed by atoms with E-state index in [1.54, 1.807) is 0 Å². The lowest BCUT2D eigenvalue weighted by Gasteiger charge is -2.55. The number of Topliss-reactive ketones (excluding diaryl/α,β-unsaturated/α-hetero) is 1. The molecule has 4 saturated carbocycles. The third kappa shape index (κ3) is 3.95. The van der Waals surface area contributed by atoms with Crippen LogP contribution in [0.3, 0.4) is 0 Å². The van der Waals surface area contributed by atoms with Crippen LogP contribution in [-0.2, 0) is 14.3 Å². The molecular formula is C22H26N2O6. The minimum Gasteiger partial charge on any atom is -0.456 e. The average molecular weight is 414 g/mol. The van der Waals surface area contributed by atoms with Gasteiger partial charge in [-0.05, 0) is 69.3 Å². The third-order valence-electron chi connectivity index (χ3n) is 7.00. The number of rotatable bonds is 7. The zero-order chi connectivity index (χ0) is 21.5. The maximum Gasteiger partial charge on any atom is 0.328 e. The lowest BCUT2D eigenvalue weighted by atomic mass is 9.48. The molecule has 4 fully saturated rings. The zero-order valence-corrected chi connectivity index (χ0v) is 17.0. The van der Waals surface area contributed by atoms with Gasteiger partial charge < -0.3 is 10.1 Å². The zero-order valence-electron chi connectivity index (χ0n) is 17.0. The number of non-ortho nitro benzene ring substituents is 1. The van der Waals surface area contributed by atoms with Crippen molar-refractivity contribution in [3.05, 3.63) is 39.9 Å². The number of hydrogen-bond donors (Lipinski definition) is 1. The third-order valence-corrected chi connectivity index (χ3v) is 7.00. The molecule has 5 rings (SSSR count). The van der Waals surface area contributed by atoms with E-state index < -0.39 is 22.8 Å². The maximum absolute atomic E-state index is 12.9. The van der Waals surface area contributed by atoms with Crippen molar-refractivity contribution in [3.8, 4) is 0 Å². The quantitative estimate of drug-likeness (QED) is 0.416. The van der Waals surface area contributed by atoms with Crippen molar-refractivity contribution >= 4 is 23.3 Å². The number of nitro benzene ring substituents is 1. The normalized spacial score (nSPS) is 29.8. The Balaban J connectivity index is 1.31. The number of hydrogen-bond acceptors (Lipinski definition) is 6. The molecule has 0 saturated heterocycles. The Morgan fingerprint density at radius 2 is 1.77 bits per heavy atom. The standard InChI is InChI=1S/C22H26N2O6/c1-13(23-20(26)17-3-2-4-18(8-17)24(28)29)21(27)30-12-19(25)22-9-14-5-15(10-22)7-16(6-14)11-22/h2-4,8,13-16H,5-7,9-12H2,1H3,(H,23,26)/t13-,14?,15?,16?,22?/m0/s1. The first-order valence-corrected chi connectivity index (χ1v) is 10.5. The molecule has 1 atom stereocenters. The summed E-state index contributed by atoms with van der Waals surface area (Å²) in [5, 5.41) is 13.3. The van der Waals surface area contributed by atoms with E-state index in [2.05, 4.69) is 5.32 Å². The van der Waals surface area contributed by atoms with Gasteiger partial charge in [-0.1, -0.05) is 6.07 Å². The van der Waals surface area contributed by atoms with Gasteiger partial charge in [0.05, 0.1) is 4.92 Å². The summed E-state index contributed by atoms with van der Waals surface area (Å²) < 4.78 is 5.24. The molecule has 8 heteroatoms. The monoisotopic (exact) mass is 414 g/mol. The van der Waals surface area contributed by atoms with Gasteiger partial charge in [-0.2, -0.15) is 0 Å². The van der Waals surface area contributed by atoms with Gasteiger partial charge in [-0.3, -0.25) is 19.7 Å². The summed E-state index contributed by atoms with van der Waals surface area (Å²) in [6.07, 6.45) is 6.42. The average Bonchev–Trinajstić information content (AvgIpc) is 2.70. The fraction of sp³-hybridized carbons (Fsp3) is 0.591. The molecule has 0 radical (unpaired) electrons. The highest BCUT2D eigenvalue weighted by molar-refractivity contribution is 5.97. The number of carbonyl (C=O) groups excluding carboxylic acids is 3. The molecule has 160 valence electrons. The van der Waals surface area contributed by atoms with Crippen LogP contribution >= 0.6 is 0 Å². The van der Waals surface area contributed by atoms with Crippen LogP contribution in [0.25, 0.3) is 0 Å². The Morgan fingerprint density at radius 1 is 1.17 bits per heavy atom. The molecule has 1 aromatic carbocycles. The number of nitrogens with one attached hydrogen (secondary N) is 1. The van der Waals surface area contributed by atoms with Crippen molar-refractivity contribution in [2.45, 2.75) is 51.5 Å². The molecule has 4 aliphatic carbocycles. The van der Waals surface area contributed by atoms with Crippen LogP contribution in [0.1, 0.15) is 55.8 Å². The summed E-state index contributed by atoms with van der Waals surface area (Å²) in [6, 6.07) is 4.28. The van der Waals surface area contributed by atoms with Gasteiger partial charge in [0.25, 0.3) is 11.6 Å². The molecule has 1 aromatic rings. The molecule has 0 heterocycles. The maximum atomic E-state index is 12.9. The van der Waals surface area contributed by atoms with Crippen molar-refractivity contribution in [2.24, 2.45) is 23.2 Å². The predicted molar refractivity (Wildman–Crippen MR) is 107 cm³/mol. The number of esters is 1. The lowest BCUT2D eigenvalue weighted by Crippen LogP contribution is -2.51. The van der Waals surface area contributed by atoms with Gasteiger partial charge in [0.15, 0.2) is 12.4 Å². The van der Waals surface area contributed by atoms with E-state index in [1.165, 1.54) is 44.4 Å². The highest BCUT2D eigenvalue weighted by Crippen LogP contribution is 2.60. The van der Waals surface area contributed by atoms with E-state index in [0.29, 0.717) is 17.8 Å². The van der Waals surface area contributed by atoms with Crippen LogP contribution in [0, 0.1) is 33.3 Å². The van der Waals surface area contributed by atoms with E-state index in [0.717, 1.165) is 25.3 Å². The molecule has 0 aliphatic heterocycles. The van der Waals surface area contributed by atoms with Crippen LogP contribution < -0.4 is 5.32 Å². The van der Waals surface area contributed by atoms with Crippen molar-refractivity contribution < 1.29 is 24.0 Å². The summed E-state index contributed by atoms with van der Waals surface area (Å²) in [6.45, 7) is 1.20. The number of amides is 1. The smallest absolute Gasteiger partial charge is 0.328 e. The molecule has 8 nitrogen and oxygen atoms in total. The first-order valence-electron chi connectivity index (χ1n) is 10.5. The fourth-order valence-corrected chi connectivity index (χ4v) is 5.97. The van der Waals surface area contributed by atoms with Crippen molar-refractivity contribution in [1.82, 2.24) is 5.32 Å². The Hall–Kier alpha value is -2.77. The number of benzene rings is 1. The lowest BCUT2D eigenvalue weighted by molar-refractivity contribution is -0.384. The van der Waals surface area contributed by atoms with E-state index in [9.17, 15) is 24.5 Å². The second-order valence-electron chi connectivity index (χ2n) is 9.23. The van der Waals surface area contributed by atoms with E-state index in [-0.39, 0.29) is 29.1 Å². The van der Waals surface area contributed by atoms with Crippen LogP contribution in [0.4, 0.5) is 5.69 Å². The van der Waals surface area contributed by atoms with Gasteiger partial charge in [0.2, 0.25) is 0 Å². The Labute approximate surface area is 174 Å². The summed E-state index contributed by atoms with van der Waals surface area (Å²) >= 11 is 0. The van der Waals surface area contributed by atoms with Crippen molar-refractivity contribution in [1.29, 1.82) is 0 Å². The number of ether oxygens (including phenoxy) is 1. The van der Waals surface area contributed by atoms with Crippen LogP contribution in [0.5, 0.6) is 0 Å². The van der Waals surface area contributed by atoms with Crippen molar-refractivity contribution in [3.63, 3.8) is 0 Å². The molecule has 0 aromatic heterocycles. The van der Waals surface area contributed by atoms with Crippen LogP contribution in [0.15, 0.2) is 24.3 Å². The Kier molecular flexibility index (Phi) is 5.34. The molecule has 0 unspecified atom stereocenters. The fourth-order valence-electron chi connectivity index (χ4n) is 5.97. The minimum absolute atomic E-state index is 0.00663. The van der Waals surface area contributed by atoms with Gasteiger partial charge in [-0.25, -0.2) is 4.79 Å². The van der Waals surface area contributed by atoms with Crippen LogP contribution in [0.2, 0.25) is 0 Å². The Bertz CT molecular complexity index is 860. The summed E-state index contributed by atoms with van der Waals surface area (Å²) in [7, 11) is 0. The molecule has 0 spiro atoms. The molecular weight excluding hydrogens is 388 g/mol.